The van der Waals surface area contributed by atoms with Crippen molar-refractivity contribution in [1.29, 1.82) is 0 Å². The lowest BCUT2D eigenvalue weighted by molar-refractivity contribution is 0.369. The number of benzene rings is 2. The number of hydrogen-bond acceptors (Lipinski definition) is 1. The molecule has 2 aromatic rings. The van der Waals surface area contributed by atoms with Crippen LogP contribution in [0.3, 0.4) is 0 Å². The Kier molecular flexibility index (Phi) is 3.65. The Balaban J connectivity index is 1.82. The molecule has 3 rings (SSSR count). The Morgan fingerprint density at radius 1 is 1.15 bits per heavy atom. The minimum atomic E-state index is -0.231. The molecule has 0 saturated heterocycles. The van der Waals surface area contributed by atoms with E-state index in [1.807, 2.05) is 12.1 Å². The maximum absolute atomic E-state index is 13.3. The average Bonchev–Trinajstić information content (AvgIpc) is 2.42. The van der Waals surface area contributed by atoms with Crippen LogP contribution in [0.5, 0.6) is 0 Å². The predicted molar refractivity (Wildman–Crippen MR) is 83.2 cm³/mol. The Bertz CT molecular complexity index is 641. The van der Waals surface area contributed by atoms with E-state index in [0.717, 1.165) is 31.2 Å². The quantitative estimate of drug-likeness (QED) is 0.882. The van der Waals surface area contributed by atoms with Gasteiger partial charge < -0.3 is 5.73 Å². The van der Waals surface area contributed by atoms with E-state index in [4.69, 9.17) is 5.73 Å². The topological polar surface area (TPSA) is 26.0 Å². The van der Waals surface area contributed by atoms with Crippen LogP contribution in [0.25, 0.3) is 0 Å². The van der Waals surface area contributed by atoms with Crippen LogP contribution < -0.4 is 5.73 Å². The van der Waals surface area contributed by atoms with Gasteiger partial charge in [-0.1, -0.05) is 30.3 Å². The molecule has 0 radical (unpaired) electrons. The van der Waals surface area contributed by atoms with Gasteiger partial charge in [0.25, 0.3) is 0 Å². The van der Waals surface area contributed by atoms with Crippen LogP contribution in [0.15, 0.2) is 46.9 Å². The lowest BCUT2D eigenvalue weighted by atomic mass is 9.75. The van der Waals surface area contributed by atoms with Gasteiger partial charge in [-0.25, -0.2) is 4.39 Å². The summed E-state index contributed by atoms with van der Waals surface area (Å²) in [6, 6.07) is 13.7. The van der Waals surface area contributed by atoms with Gasteiger partial charge in [0.05, 0.1) is 4.47 Å². The van der Waals surface area contributed by atoms with E-state index in [1.54, 1.807) is 0 Å². The molecule has 1 aliphatic rings. The van der Waals surface area contributed by atoms with Gasteiger partial charge >= 0.3 is 0 Å². The van der Waals surface area contributed by atoms with Crippen LogP contribution in [0.2, 0.25) is 0 Å². The van der Waals surface area contributed by atoms with Crippen molar-refractivity contribution in [3.05, 3.63) is 69.4 Å². The summed E-state index contributed by atoms with van der Waals surface area (Å²) < 4.78 is 13.8. The molecule has 20 heavy (non-hydrogen) atoms. The van der Waals surface area contributed by atoms with Crippen molar-refractivity contribution >= 4 is 15.9 Å². The molecule has 0 aliphatic heterocycles. The van der Waals surface area contributed by atoms with Crippen LogP contribution in [0, 0.1) is 5.82 Å². The van der Waals surface area contributed by atoms with Gasteiger partial charge in [-0.2, -0.15) is 0 Å². The van der Waals surface area contributed by atoms with Gasteiger partial charge in [-0.3, -0.25) is 0 Å². The van der Waals surface area contributed by atoms with Crippen molar-refractivity contribution in [2.75, 3.05) is 0 Å². The molecule has 0 amide bonds. The van der Waals surface area contributed by atoms with E-state index in [2.05, 4.69) is 40.2 Å². The molecule has 1 unspecified atom stereocenters. The minimum absolute atomic E-state index is 0.228. The van der Waals surface area contributed by atoms with Gasteiger partial charge in [0.2, 0.25) is 0 Å². The summed E-state index contributed by atoms with van der Waals surface area (Å²) in [6.07, 6.45) is 3.66. The van der Waals surface area contributed by atoms with Gasteiger partial charge in [-0.05, 0) is 70.4 Å². The van der Waals surface area contributed by atoms with Gasteiger partial charge in [0.15, 0.2) is 0 Å². The zero-order chi connectivity index (χ0) is 14.2. The van der Waals surface area contributed by atoms with Gasteiger partial charge in [0, 0.05) is 5.54 Å². The summed E-state index contributed by atoms with van der Waals surface area (Å²) in [5.74, 6) is -0.228. The molecule has 0 saturated carbocycles. The van der Waals surface area contributed by atoms with Crippen LogP contribution in [-0.2, 0) is 19.3 Å². The van der Waals surface area contributed by atoms with Crippen molar-refractivity contribution in [3.8, 4) is 0 Å². The zero-order valence-electron chi connectivity index (χ0n) is 11.2. The summed E-state index contributed by atoms with van der Waals surface area (Å²) in [7, 11) is 0. The monoisotopic (exact) mass is 333 g/mol. The first kappa shape index (κ1) is 13.8. The van der Waals surface area contributed by atoms with E-state index >= 15 is 0 Å². The summed E-state index contributed by atoms with van der Waals surface area (Å²) in [6.45, 7) is 0. The molecule has 3 heteroatoms. The fourth-order valence-corrected chi connectivity index (χ4v) is 3.46. The highest BCUT2D eigenvalue weighted by molar-refractivity contribution is 9.10. The lowest BCUT2D eigenvalue weighted by Crippen LogP contribution is -2.47. The molecule has 2 aromatic carbocycles. The van der Waals surface area contributed by atoms with E-state index in [0.29, 0.717) is 4.47 Å². The van der Waals surface area contributed by atoms with Gasteiger partial charge in [-0.15, -0.1) is 0 Å². The van der Waals surface area contributed by atoms with Crippen LogP contribution in [-0.4, -0.2) is 5.54 Å². The average molecular weight is 334 g/mol. The number of hydrogen-bond donors (Lipinski definition) is 1. The molecule has 2 N–H and O–H groups in total. The highest BCUT2D eigenvalue weighted by atomic mass is 79.9. The number of aryl methyl sites for hydroxylation is 1. The van der Waals surface area contributed by atoms with Crippen LogP contribution >= 0.6 is 15.9 Å². The first-order valence-electron chi connectivity index (χ1n) is 6.85. The first-order valence-corrected chi connectivity index (χ1v) is 7.65. The Morgan fingerprint density at radius 2 is 1.90 bits per heavy atom. The van der Waals surface area contributed by atoms with Crippen LogP contribution in [0.1, 0.15) is 23.1 Å². The molecular weight excluding hydrogens is 317 g/mol. The summed E-state index contributed by atoms with van der Waals surface area (Å²) in [5, 5.41) is 0. The third-order valence-corrected chi connectivity index (χ3v) is 4.70. The van der Waals surface area contributed by atoms with Crippen molar-refractivity contribution in [2.45, 2.75) is 31.2 Å². The third-order valence-electron chi connectivity index (χ3n) is 4.09. The molecule has 0 spiro atoms. The summed E-state index contributed by atoms with van der Waals surface area (Å²) >= 11 is 3.24. The van der Waals surface area contributed by atoms with E-state index in [9.17, 15) is 4.39 Å². The first-order chi connectivity index (χ1) is 9.56. The molecule has 1 nitrogen and oxygen atoms in total. The van der Waals surface area contributed by atoms with Crippen molar-refractivity contribution in [2.24, 2.45) is 5.73 Å². The molecule has 1 atom stereocenters. The molecule has 0 heterocycles. The maximum Gasteiger partial charge on any atom is 0.137 e. The smallest absolute Gasteiger partial charge is 0.137 e. The standard InChI is InChI=1S/C17H17BrFN/c18-15-9-12(5-6-16(15)19)10-17(20)8-7-13-3-1-2-4-14(13)11-17/h1-6,9H,7-8,10-11,20H2. The second-order valence-corrected chi connectivity index (χ2v) is 6.59. The normalized spacial score (nSPS) is 21.6. The molecular formula is C17H17BrFN. The Morgan fingerprint density at radius 3 is 2.65 bits per heavy atom. The number of rotatable bonds is 2. The SMILES string of the molecule is NC1(Cc2ccc(F)c(Br)c2)CCc2ccccc2C1. The highest BCUT2D eigenvalue weighted by Gasteiger charge is 2.30. The second-order valence-electron chi connectivity index (χ2n) is 5.73. The fraction of sp³-hybridized carbons (Fsp3) is 0.294. The zero-order valence-corrected chi connectivity index (χ0v) is 12.8. The largest absolute Gasteiger partial charge is 0.324 e. The Hall–Kier alpha value is -1.19. The molecule has 0 bridgehead atoms. The van der Waals surface area contributed by atoms with Crippen LogP contribution in [0.4, 0.5) is 4.39 Å². The molecule has 0 aromatic heterocycles. The maximum atomic E-state index is 13.3. The summed E-state index contributed by atoms with van der Waals surface area (Å²) in [5.41, 5.74) is 10.2. The third kappa shape index (κ3) is 2.79. The predicted octanol–water partition coefficient (Wildman–Crippen LogP) is 4.02. The highest BCUT2D eigenvalue weighted by Crippen LogP contribution is 2.30. The number of fused-ring (bicyclic) bond motifs is 1. The Labute approximate surface area is 127 Å². The van der Waals surface area contributed by atoms with E-state index in [1.165, 1.54) is 17.2 Å². The fourth-order valence-electron chi connectivity index (χ4n) is 3.03. The van der Waals surface area contributed by atoms with Crippen molar-refractivity contribution in [3.63, 3.8) is 0 Å². The lowest BCUT2D eigenvalue weighted by Gasteiger charge is -2.35. The minimum Gasteiger partial charge on any atom is -0.324 e. The number of halogens is 2. The van der Waals surface area contributed by atoms with Crippen molar-refractivity contribution in [1.82, 2.24) is 0 Å². The molecule has 0 fully saturated rings. The summed E-state index contributed by atoms with van der Waals surface area (Å²) in [4.78, 5) is 0. The van der Waals surface area contributed by atoms with E-state index < -0.39 is 0 Å². The number of nitrogens with two attached hydrogens (primary N) is 1. The van der Waals surface area contributed by atoms with Crippen molar-refractivity contribution < 1.29 is 4.39 Å². The second kappa shape index (κ2) is 5.30. The molecule has 104 valence electrons. The van der Waals surface area contributed by atoms with Gasteiger partial charge in [0.1, 0.15) is 5.82 Å². The van der Waals surface area contributed by atoms with E-state index in [-0.39, 0.29) is 11.4 Å². The molecule has 1 aliphatic carbocycles.